The van der Waals surface area contributed by atoms with Crippen molar-refractivity contribution in [3.05, 3.63) is 58.2 Å². The molecule has 1 fully saturated rings. The van der Waals surface area contributed by atoms with Crippen LogP contribution in [0.25, 0.3) is 33.4 Å². The van der Waals surface area contributed by atoms with Gasteiger partial charge in [0.1, 0.15) is 24.2 Å². The lowest BCUT2D eigenvalue weighted by atomic mass is 9.67. The fraction of sp³-hybridized carbons (Fsp3) is 0.535. The average Bonchev–Trinajstić information content (AvgIpc) is 3.82. The van der Waals surface area contributed by atoms with Gasteiger partial charge in [0.2, 0.25) is 5.91 Å². The molecule has 1 aliphatic carbocycles. The van der Waals surface area contributed by atoms with E-state index in [1.165, 1.54) is 26.1 Å². The third kappa shape index (κ3) is 7.36. The molecule has 15 heteroatoms. The van der Waals surface area contributed by atoms with Gasteiger partial charge in [0, 0.05) is 92.2 Å². The number of methoxy groups -OCH3 is 1. The third-order valence-electron chi connectivity index (χ3n) is 12.1. The number of carbonyl (C=O) groups excluding carboxylic acids is 4. The number of rotatable bonds is 7. The molecule has 310 valence electrons. The largest absolute Gasteiger partial charge is 0.464 e. The number of hydrazine groups is 1. The van der Waals surface area contributed by atoms with Crippen molar-refractivity contribution in [1.82, 2.24) is 40.1 Å². The molecular formula is C43H56N8O6S. The number of thiazole rings is 1. The van der Waals surface area contributed by atoms with E-state index in [0.29, 0.717) is 30.9 Å². The highest BCUT2D eigenvalue weighted by atomic mass is 32.1. The number of fused-ring (bicyclic) bond motifs is 8. The maximum absolute atomic E-state index is 14.5. The van der Waals surface area contributed by atoms with Crippen molar-refractivity contribution in [2.45, 2.75) is 97.5 Å². The fourth-order valence-electron chi connectivity index (χ4n) is 9.04. The molecule has 58 heavy (non-hydrogen) atoms. The fourth-order valence-corrected chi connectivity index (χ4v) is 9.90. The van der Waals surface area contributed by atoms with Crippen LogP contribution in [0.15, 0.2) is 41.9 Å². The molecule has 0 radical (unpaired) electrons. The number of cyclic esters (lactones) is 1. The molecule has 6 bridgehead atoms. The van der Waals surface area contributed by atoms with Gasteiger partial charge in [0.05, 0.1) is 28.7 Å². The number of esters is 1. The van der Waals surface area contributed by atoms with E-state index in [4.69, 9.17) is 19.4 Å². The van der Waals surface area contributed by atoms with E-state index in [1.807, 2.05) is 32.2 Å². The van der Waals surface area contributed by atoms with Crippen LogP contribution in [-0.2, 0) is 36.8 Å². The van der Waals surface area contributed by atoms with Crippen LogP contribution in [0.5, 0.6) is 0 Å². The molecule has 1 unspecified atom stereocenters. The summed E-state index contributed by atoms with van der Waals surface area (Å²) in [6.07, 6.45) is 2.52. The van der Waals surface area contributed by atoms with Crippen molar-refractivity contribution in [2.75, 3.05) is 40.9 Å². The Balaban J connectivity index is 1.34. The number of hydrogen-bond acceptors (Lipinski definition) is 10. The molecule has 1 saturated heterocycles. The third-order valence-corrected chi connectivity index (χ3v) is 12.9. The highest BCUT2D eigenvalue weighted by Gasteiger charge is 2.48. The smallest absolute Gasteiger partial charge is 0.324 e. The predicted octanol–water partition coefficient (Wildman–Crippen LogP) is 5.77. The minimum absolute atomic E-state index is 0.0900. The van der Waals surface area contributed by atoms with Crippen molar-refractivity contribution in [2.24, 2.45) is 11.3 Å². The van der Waals surface area contributed by atoms with Crippen molar-refractivity contribution in [3.8, 4) is 22.5 Å². The van der Waals surface area contributed by atoms with Crippen LogP contribution in [0.4, 0.5) is 4.79 Å². The molecule has 2 aliphatic heterocycles. The van der Waals surface area contributed by atoms with Crippen LogP contribution in [0.3, 0.4) is 0 Å². The summed E-state index contributed by atoms with van der Waals surface area (Å²) in [4.78, 5) is 68.7. The van der Waals surface area contributed by atoms with Gasteiger partial charge in [-0.3, -0.25) is 24.4 Å². The van der Waals surface area contributed by atoms with Crippen LogP contribution in [0, 0.1) is 11.3 Å². The number of ether oxygens (including phenoxy) is 2. The highest BCUT2D eigenvalue weighted by molar-refractivity contribution is 7.10. The van der Waals surface area contributed by atoms with Gasteiger partial charge in [-0.05, 0) is 62.4 Å². The van der Waals surface area contributed by atoms with Gasteiger partial charge in [-0.1, -0.05) is 33.8 Å². The van der Waals surface area contributed by atoms with E-state index in [2.05, 4.69) is 60.3 Å². The minimum Gasteiger partial charge on any atom is -0.464 e. The Morgan fingerprint density at radius 2 is 1.95 bits per heavy atom. The number of amides is 4. The second-order valence-corrected chi connectivity index (χ2v) is 17.6. The second kappa shape index (κ2) is 16.4. The first kappa shape index (κ1) is 41.3. The molecule has 4 aromatic rings. The van der Waals surface area contributed by atoms with Gasteiger partial charge in [0.25, 0.3) is 5.91 Å². The first-order valence-electron chi connectivity index (χ1n) is 20.3. The molecule has 2 N–H and O–H groups in total. The predicted molar refractivity (Wildman–Crippen MR) is 223 cm³/mol. The van der Waals surface area contributed by atoms with Gasteiger partial charge in [-0.15, -0.1) is 11.3 Å². The number of hydrogen-bond donors (Lipinski definition) is 2. The van der Waals surface area contributed by atoms with Gasteiger partial charge < -0.3 is 29.2 Å². The normalized spacial score (nSPS) is 22.2. The Morgan fingerprint density at radius 1 is 1.17 bits per heavy atom. The number of benzene rings is 1. The lowest BCUT2D eigenvalue weighted by Gasteiger charge is -2.42. The maximum atomic E-state index is 14.5. The summed E-state index contributed by atoms with van der Waals surface area (Å²) in [5, 5.41) is 8.14. The molecule has 1 aromatic carbocycles. The number of nitrogens with zero attached hydrogens (tertiary/aromatic N) is 6. The van der Waals surface area contributed by atoms with Gasteiger partial charge in [-0.25, -0.2) is 15.2 Å². The van der Waals surface area contributed by atoms with E-state index >= 15 is 0 Å². The topological polar surface area (TPSA) is 151 Å². The van der Waals surface area contributed by atoms with Crippen LogP contribution in [0.1, 0.15) is 82.7 Å². The molecule has 14 nitrogen and oxygen atoms in total. The Morgan fingerprint density at radius 3 is 2.66 bits per heavy atom. The summed E-state index contributed by atoms with van der Waals surface area (Å²) >= 11 is 1.42. The summed E-state index contributed by atoms with van der Waals surface area (Å²) in [7, 11) is 5.00. The van der Waals surface area contributed by atoms with Crippen molar-refractivity contribution < 1.29 is 28.7 Å². The number of aryl methyl sites for hydroxylation is 1. The number of carbonyl (C=O) groups is 4. The highest BCUT2D eigenvalue weighted by Crippen LogP contribution is 2.57. The summed E-state index contributed by atoms with van der Waals surface area (Å²) in [5.41, 5.74) is 9.32. The van der Waals surface area contributed by atoms with Crippen molar-refractivity contribution in [3.63, 3.8) is 0 Å². The summed E-state index contributed by atoms with van der Waals surface area (Å²) < 4.78 is 14.9. The van der Waals surface area contributed by atoms with E-state index in [-0.39, 0.29) is 30.9 Å². The van der Waals surface area contributed by atoms with Crippen LogP contribution in [0.2, 0.25) is 0 Å². The van der Waals surface area contributed by atoms with Crippen LogP contribution >= 0.6 is 11.3 Å². The zero-order chi connectivity index (χ0) is 41.6. The standard InChI is InChI=1S/C43H56N8O6S/c1-10-48(7)42(55)49(8)36(24(3)4)39(52)46-29-21-32-45-30(22-58-32)25-16-17-31-27(20-25)33-34(38(56-9)35-26(14-12-18-44-35)37(33)50(31)11-2)43(5,6)23-57-41(54)28-15-13-19-51(47-28)40(29)53/h12,14,16-18,20,22,24,28-29,34,36,38,47H,10-11,13,15,19,21,23H2,1-9H3,(H,46,52)/t28-,29-,34?,36-,38-/m0/s1. The van der Waals surface area contributed by atoms with Gasteiger partial charge in [-0.2, -0.15) is 0 Å². The quantitative estimate of drug-likeness (QED) is 0.222. The van der Waals surface area contributed by atoms with Gasteiger partial charge in [0.15, 0.2) is 0 Å². The van der Waals surface area contributed by atoms with Crippen LogP contribution in [-0.4, -0.2) is 112 Å². The number of urea groups is 1. The zero-order valence-electron chi connectivity index (χ0n) is 35.0. The lowest BCUT2D eigenvalue weighted by molar-refractivity contribution is -0.156. The van der Waals surface area contributed by atoms with E-state index in [0.717, 1.165) is 51.2 Å². The first-order valence-corrected chi connectivity index (χ1v) is 21.2. The lowest BCUT2D eigenvalue weighted by Crippen LogP contribution is -2.62. The van der Waals surface area contributed by atoms with E-state index in [9.17, 15) is 19.2 Å². The van der Waals surface area contributed by atoms with Crippen molar-refractivity contribution in [1.29, 1.82) is 0 Å². The zero-order valence-corrected chi connectivity index (χ0v) is 35.8. The average molecular weight is 813 g/mol. The Hall–Kier alpha value is -4.86. The number of pyridine rings is 1. The summed E-state index contributed by atoms with van der Waals surface area (Å²) in [6.45, 7) is 13.6. The molecular weight excluding hydrogens is 757 g/mol. The summed E-state index contributed by atoms with van der Waals surface area (Å²) in [5.74, 6) is -1.80. The molecule has 3 aromatic heterocycles. The maximum Gasteiger partial charge on any atom is 0.324 e. The van der Waals surface area contributed by atoms with Crippen LogP contribution < -0.4 is 10.7 Å². The molecule has 5 heterocycles. The molecule has 0 saturated carbocycles. The summed E-state index contributed by atoms with van der Waals surface area (Å²) in [6, 6.07) is 7.51. The SMILES string of the molecule is CCN(C)C(=O)N(C)[C@H](C(=O)N[C@H]1Cc2nc(cs2)-c2ccc3c(c2)c2c(n3CC)-c3cccnc3[C@@H](OC)C2C(C)(C)COC(=O)[C@@H]2CCCN(N2)C1=O)C(C)C. The molecule has 5 atom stereocenters. The molecule has 7 rings (SSSR count). The number of aromatic nitrogens is 3. The minimum atomic E-state index is -1.03. The van der Waals surface area contributed by atoms with Gasteiger partial charge >= 0.3 is 12.0 Å². The number of likely N-dealkylation sites (N-methyl/N-ethyl adjacent to an activating group) is 1. The Kier molecular flexibility index (Phi) is 11.7. The van der Waals surface area contributed by atoms with E-state index < -0.39 is 47.4 Å². The number of nitrogens with one attached hydrogen (secondary N) is 2. The second-order valence-electron chi connectivity index (χ2n) is 16.7. The van der Waals surface area contributed by atoms with Crippen molar-refractivity contribution >= 4 is 46.1 Å². The molecule has 0 spiro atoms. The molecule has 4 amide bonds. The Bertz CT molecular complexity index is 2210. The van der Waals surface area contributed by atoms with E-state index in [1.54, 1.807) is 27.4 Å². The Labute approximate surface area is 344 Å². The first-order chi connectivity index (χ1) is 27.7. The molecule has 3 aliphatic rings. The monoisotopic (exact) mass is 812 g/mol.